The van der Waals surface area contributed by atoms with E-state index < -0.39 is 10.0 Å². The molecular weight excluding hydrogens is 240 g/mol. The first-order valence-corrected chi connectivity index (χ1v) is 6.87. The zero-order valence-electron chi connectivity index (χ0n) is 9.25. The molecule has 0 atom stereocenters. The summed E-state index contributed by atoms with van der Waals surface area (Å²) in [7, 11) is -3.17. The molecule has 0 spiro atoms. The number of rotatable bonds is 4. The Labute approximate surface area is 99.5 Å². The summed E-state index contributed by atoms with van der Waals surface area (Å²) in [5.41, 5.74) is 1.52. The molecule has 0 amide bonds. The molecule has 2 rings (SSSR count). The van der Waals surface area contributed by atoms with Crippen molar-refractivity contribution in [2.75, 3.05) is 6.26 Å². The van der Waals surface area contributed by atoms with Crippen molar-refractivity contribution in [2.45, 2.75) is 6.54 Å². The number of sulfonamides is 1. The molecule has 0 saturated heterocycles. The monoisotopic (exact) mass is 252 g/mol. The number of aromatic nitrogens is 1. The van der Waals surface area contributed by atoms with Crippen molar-refractivity contribution in [3.8, 4) is 11.5 Å². The van der Waals surface area contributed by atoms with Crippen LogP contribution >= 0.6 is 0 Å². The molecule has 5 nitrogen and oxygen atoms in total. The molecule has 0 aliphatic heterocycles. The SMILES string of the molecule is CS(=O)(=O)NCc1ccc(-c2ccco2)nc1. The third-order valence-corrected chi connectivity index (χ3v) is 2.81. The van der Waals surface area contributed by atoms with Gasteiger partial charge < -0.3 is 4.42 Å². The Kier molecular flexibility index (Phi) is 3.26. The molecule has 0 radical (unpaired) electrons. The maximum atomic E-state index is 10.9. The lowest BCUT2D eigenvalue weighted by atomic mass is 10.2. The Morgan fingerprint density at radius 3 is 2.71 bits per heavy atom. The number of pyridine rings is 1. The summed E-state index contributed by atoms with van der Waals surface area (Å²) in [5, 5.41) is 0. The average molecular weight is 252 g/mol. The predicted octanol–water partition coefficient (Wildman–Crippen LogP) is 1.39. The Bertz CT molecular complexity index is 574. The second-order valence-corrected chi connectivity index (χ2v) is 5.46. The second-order valence-electron chi connectivity index (χ2n) is 3.62. The van der Waals surface area contributed by atoms with Crippen LogP contribution in [-0.4, -0.2) is 19.7 Å². The predicted molar refractivity (Wildman–Crippen MR) is 63.6 cm³/mol. The van der Waals surface area contributed by atoms with E-state index in [2.05, 4.69) is 9.71 Å². The van der Waals surface area contributed by atoms with Gasteiger partial charge in [-0.3, -0.25) is 4.98 Å². The van der Waals surface area contributed by atoms with Gasteiger partial charge in [0.25, 0.3) is 0 Å². The van der Waals surface area contributed by atoms with Gasteiger partial charge in [0.2, 0.25) is 10.0 Å². The molecule has 2 aromatic heterocycles. The van der Waals surface area contributed by atoms with Crippen molar-refractivity contribution in [3.05, 3.63) is 42.3 Å². The van der Waals surface area contributed by atoms with Crippen LogP contribution in [0.15, 0.2) is 41.1 Å². The third-order valence-electron chi connectivity index (χ3n) is 2.14. The van der Waals surface area contributed by atoms with Gasteiger partial charge in [0.1, 0.15) is 5.69 Å². The van der Waals surface area contributed by atoms with E-state index in [4.69, 9.17) is 4.42 Å². The highest BCUT2D eigenvalue weighted by molar-refractivity contribution is 7.88. The Morgan fingerprint density at radius 2 is 2.18 bits per heavy atom. The van der Waals surface area contributed by atoms with E-state index in [9.17, 15) is 8.42 Å². The fourth-order valence-corrected chi connectivity index (χ4v) is 1.74. The van der Waals surface area contributed by atoms with Crippen LogP contribution in [0.1, 0.15) is 5.56 Å². The summed E-state index contributed by atoms with van der Waals surface area (Å²) in [5.74, 6) is 0.688. The number of nitrogens with zero attached hydrogens (tertiary/aromatic N) is 1. The minimum Gasteiger partial charge on any atom is -0.463 e. The van der Waals surface area contributed by atoms with Crippen LogP contribution in [0.3, 0.4) is 0 Å². The molecule has 0 bridgehead atoms. The third kappa shape index (κ3) is 3.40. The minimum atomic E-state index is -3.17. The van der Waals surface area contributed by atoms with E-state index in [1.807, 2.05) is 12.1 Å². The first-order chi connectivity index (χ1) is 8.04. The van der Waals surface area contributed by atoms with Crippen molar-refractivity contribution < 1.29 is 12.8 Å². The van der Waals surface area contributed by atoms with Gasteiger partial charge in [0.15, 0.2) is 5.76 Å². The summed E-state index contributed by atoms with van der Waals surface area (Å²) in [6, 6.07) is 7.20. The Balaban J connectivity index is 2.09. The minimum absolute atomic E-state index is 0.240. The summed E-state index contributed by atoms with van der Waals surface area (Å²) in [6.07, 6.45) is 4.32. The van der Waals surface area contributed by atoms with E-state index >= 15 is 0 Å². The van der Waals surface area contributed by atoms with Gasteiger partial charge in [-0.05, 0) is 23.8 Å². The fourth-order valence-electron chi connectivity index (χ4n) is 1.31. The first-order valence-electron chi connectivity index (χ1n) is 4.98. The van der Waals surface area contributed by atoms with Gasteiger partial charge >= 0.3 is 0 Å². The highest BCUT2D eigenvalue weighted by atomic mass is 32.2. The summed E-state index contributed by atoms with van der Waals surface area (Å²) in [4.78, 5) is 4.19. The topological polar surface area (TPSA) is 72.2 Å². The lowest BCUT2D eigenvalue weighted by Crippen LogP contribution is -2.21. The zero-order valence-corrected chi connectivity index (χ0v) is 10.1. The van der Waals surface area contributed by atoms with Crippen LogP contribution in [-0.2, 0) is 16.6 Å². The van der Waals surface area contributed by atoms with Crippen LogP contribution in [0.2, 0.25) is 0 Å². The average Bonchev–Trinajstić information content (AvgIpc) is 2.79. The molecule has 0 saturated carbocycles. The van der Waals surface area contributed by atoms with Crippen molar-refractivity contribution in [1.29, 1.82) is 0 Å². The van der Waals surface area contributed by atoms with Crippen LogP contribution in [0.5, 0.6) is 0 Å². The summed E-state index contributed by atoms with van der Waals surface area (Å²) < 4.78 is 29.4. The Morgan fingerprint density at radius 1 is 1.35 bits per heavy atom. The molecule has 1 N–H and O–H groups in total. The van der Waals surface area contributed by atoms with E-state index in [-0.39, 0.29) is 6.54 Å². The lowest BCUT2D eigenvalue weighted by molar-refractivity contribution is 0.579. The van der Waals surface area contributed by atoms with Gasteiger partial charge in [-0.2, -0.15) is 0 Å². The van der Waals surface area contributed by atoms with E-state index in [0.29, 0.717) is 5.76 Å². The lowest BCUT2D eigenvalue weighted by Gasteiger charge is -2.02. The number of furan rings is 1. The van der Waals surface area contributed by atoms with Gasteiger partial charge in [0.05, 0.1) is 12.5 Å². The first kappa shape index (κ1) is 11.8. The van der Waals surface area contributed by atoms with Crippen molar-refractivity contribution in [1.82, 2.24) is 9.71 Å². The van der Waals surface area contributed by atoms with Gasteiger partial charge in [0, 0.05) is 12.7 Å². The molecule has 0 unspecified atom stereocenters. The molecule has 2 heterocycles. The molecule has 2 aromatic rings. The number of nitrogens with one attached hydrogen (secondary N) is 1. The molecular formula is C11H12N2O3S. The van der Waals surface area contributed by atoms with Crippen molar-refractivity contribution in [2.24, 2.45) is 0 Å². The van der Waals surface area contributed by atoms with Crippen molar-refractivity contribution >= 4 is 10.0 Å². The highest BCUT2D eigenvalue weighted by Crippen LogP contribution is 2.16. The van der Waals surface area contributed by atoms with Gasteiger partial charge in [-0.25, -0.2) is 13.1 Å². The molecule has 6 heteroatoms. The molecule has 17 heavy (non-hydrogen) atoms. The maximum absolute atomic E-state index is 10.9. The number of hydrogen-bond donors (Lipinski definition) is 1. The van der Waals surface area contributed by atoms with E-state index in [0.717, 1.165) is 17.5 Å². The molecule has 0 aliphatic carbocycles. The van der Waals surface area contributed by atoms with Crippen LogP contribution < -0.4 is 4.72 Å². The summed E-state index contributed by atoms with van der Waals surface area (Å²) in [6.45, 7) is 0.240. The molecule has 0 aliphatic rings. The van der Waals surface area contributed by atoms with E-state index in [1.54, 1.807) is 24.6 Å². The zero-order chi connectivity index (χ0) is 12.3. The van der Waals surface area contributed by atoms with E-state index in [1.165, 1.54) is 0 Å². The Hall–Kier alpha value is -1.66. The molecule has 0 fully saturated rings. The second kappa shape index (κ2) is 4.68. The number of hydrogen-bond acceptors (Lipinski definition) is 4. The van der Waals surface area contributed by atoms with Crippen LogP contribution in [0.4, 0.5) is 0 Å². The summed E-state index contributed by atoms with van der Waals surface area (Å²) >= 11 is 0. The van der Waals surface area contributed by atoms with Crippen molar-refractivity contribution in [3.63, 3.8) is 0 Å². The van der Waals surface area contributed by atoms with Gasteiger partial charge in [-0.1, -0.05) is 6.07 Å². The fraction of sp³-hybridized carbons (Fsp3) is 0.182. The largest absolute Gasteiger partial charge is 0.463 e. The van der Waals surface area contributed by atoms with Gasteiger partial charge in [-0.15, -0.1) is 0 Å². The standard InChI is InChI=1S/C11H12N2O3S/c1-17(14,15)13-8-9-4-5-10(12-7-9)11-3-2-6-16-11/h2-7,13H,8H2,1H3. The smallest absolute Gasteiger partial charge is 0.209 e. The normalized spacial score (nSPS) is 11.6. The van der Waals surface area contributed by atoms with Crippen LogP contribution in [0.25, 0.3) is 11.5 Å². The maximum Gasteiger partial charge on any atom is 0.209 e. The molecule has 0 aromatic carbocycles. The quantitative estimate of drug-likeness (QED) is 0.892. The highest BCUT2D eigenvalue weighted by Gasteiger charge is 2.04. The molecule has 90 valence electrons. The van der Waals surface area contributed by atoms with Crippen LogP contribution in [0, 0.1) is 0 Å².